The zero-order valence-corrected chi connectivity index (χ0v) is 15.8. The Morgan fingerprint density at radius 3 is 2.92 bits per heavy atom. The highest BCUT2D eigenvalue weighted by Gasteiger charge is 2.26. The van der Waals surface area contributed by atoms with Gasteiger partial charge in [0.1, 0.15) is 11.6 Å². The van der Waals surface area contributed by atoms with Crippen molar-refractivity contribution in [3.05, 3.63) is 58.0 Å². The van der Waals surface area contributed by atoms with E-state index < -0.39 is 0 Å². The van der Waals surface area contributed by atoms with Crippen LogP contribution in [0.3, 0.4) is 0 Å². The zero-order chi connectivity index (χ0) is 18.1. The zero-order valence-electron chi connectivity index (χ0n) is 15.0. The standard InChI is InChI=1S/C21H24FN3S/c1-14-9-21(24-20-6-5-16(22)10-19(14)20)25(12-15-7-8-26-13-15)18-4-2-3-17(23)11-18/h5-10,13,17-18H,2-4,11-12,23H2,1H3/t17-,18-/m1/s1. The molecule has 2 atom stereocenters. The van der Waals surface area contributed by atoms with E-state index in [1.807, 2.05) is 6.92 Å². The lowest BCUT2D eigenvalue weighted by atomic mass is 9.90. The normalized spacial score (nSPS) is 20.4. The number of hydrogen-bond donors (Lipinski definition) is 1. The fourth-order valence-corrected chi connectivity index (χ4v) is 4.62. The molecule has 3 nitrogen and oxygen atoms in total. The van der Waals surface area contributed by atoms with Gasteiger partial charge in [0, 0.05) is 24.0 Å². The van der Waals surface area contributed by atoms with E-state index in [0.29, 0.717) is 6.04 Å². The summed E-state index contributed by atoms with van der Waals surface area (Å²) in [5.74, 6) is 0.746. The van der Waals surface area contributed by atoms with E-state index in [4.69, 9.17) is 10.7 Å². The van der Waals surface area contributed by atoms with Gasteiger partial charge in [-0.3, -0.25) is 0 Å². The predicted molar refractivity (Wildman–Crippen MR) is 107 cm³/mol. The Morgan fingerprint density at radius 2 is 2.15 bits per heavy atom. The number of pyridine rings is 1. The molecule has 3 aromatic rings. The Morgan fingerprint density at radius 1 is 1.27 bits per heavy atom. The van der Waals surface area contributed by atoms with E-state index in [0.717, 1.165) is 54.5 Å². The molecule has 2 heterocycles. The van der Waals surface area contributed by atoms with Gasteiger partial charge in [-0.15, -0.1) is 0 Å². The first-order valence-corrected chi connectivity index (χ1v) is 10.1. The van der Waals surface area contributed by atoms with Crippen LogP contribution in [0.25, 0.3) is 10.9 Å². The van der Waals surface area contributed by atoms with Crippen molar-refractivity contribution in [3.8, 4) is 0 Å². The summed E-state index contributed by atoms with van der Waals surface area (Å²) in [7, 11) is 0. The third kappa shape index (κ3) is 3.60. The van der Waals surface area contributed by atoms with Crippen LogP contribution in [0.1, 0.15) is 36.8 Å². The second-order valence-corrected chi connectivity index (χ2v) is 8.08. The van der Waals surface area contributed by atoms with Crippen LogP contribution in [-0.4, -0.2) is 17.1 Å². The molecule has 0 saturated heterocycles. The Labute approximate surface area is 157 Å². The van der Waals surface area contributed by atoms with Crippen LogP contribution in [0.5, 0.6) is 0 Å². The number of halogens is 1. The Hall–Kier alpha value is -1.98. The van der Waals surface area contributed by atoms with Gasteiger partial charge in [-0.05, 0) is 84.8 Å². The van der Waals surface area contributed by atoms with Crippen LogP contribution in [-0.2, 0) is 6.54 Å². The second-order valence-electron chi connectivity index (χ2n) is 7.30. The SMILES string of the molecule is Cc1cc(N(Cc2ccsc2)[C@@H]2CCC[C@@H](N)C2)nc2ccc(F)cc12. The maximum absolute atomic E-state index is 13.6. The highest BCUT2D eigenvalue weighted by Crippen LogP contribution is 2.31. The number of rotatable bonds is 4. The fourth-order valence-electron chi connectivity index (χ4n) is 3.96. The number of hydrogen-bond acceptors (Lipinski definition) is 4. The number of anilines is 1. The van der Waals surface area contributed by atoms with Crippen molar-refractivity contribution in [2.75, 3.05) is 4.90 Å². The number of thiophene rings is 1. The molecular formula is C21H24FN3S. The summed E-state index contributed by atoms with van der Waals surface area (Å²) in [6.07, 6.45) is 4.39. The van der Waals surface area contributed by atoms with Crippen LogP contribution in [0.4, 0.5) is 10.2 Å². The van der Waals surface area contributed by atoms with Crippen molar-refractivity contribution >= 4 is 28.1 Å². The van der Waals surface area contributed by atoms with E-state index in [2.05, 4.69) is 27.8 Å². The highest BCUT2D eigenvalue weighted by molar-refractivity contribution is 7.07. The van der Waals surface area contributed by atoms with Gasteiger partial charge in [-0.25, -0.2) is 9.37 Å². The molecule has 0 amide bonds. The summed E-state index contributed by atoms with van der Waals surface area (Å²) in [5.41, 5.74) is 9.46. The smallest absolute Gasteiger partial charge is 0.130 e. The molecule has 1 saturated carbocycles. The Bertz CT molecular complexity index is 894. The predicted octanol–water partition coefficient (Wildman–Crippen LogP) is 5.02. The van der Waals surface area contributed by atoms with Crippen molar-refractivity contribution in [2.45, 2.75) is 51.2 Å². The van der Waals surface area contributed by atoms with Crippen molar-refractivity contribution in [1.82, 2.24) is 4.98 Å². The lowest BCUT2D eigenvalue weighted by Gasteiger charge is -2.37. The molecule has 1 aliphatic rings. The van der Waals surface area contributed by atoms with Gasteiger partial charge in [-0.2, -0.15) is 11.3 Å². The number of nitrogens with two attached hydrogens (primary N) is 1. The molecule has 0 radical (unpaired) electrons. The second kappa shape index (κ2) is 7.33. The van der Waals surface area contributed by atoms with Gasteiger partial charge < -0.3 is 10.6 Å². The molecule has 5 heteroatoms. The van der Waals surface area contributed by atoms with Gasteiger partial charge in [0.05, 0.1) is 5.52 Å². The molecule has 0 bridgehead atoms. The molecule has 1 aromatic carbocycles. The van der Waals surface area contributed by atoms with E-state index in [9.17, 15) is 4.39 Å². The maximum atomic E-state index is 13.6. The van der Waals surface area contributed by atoms with Gasteiger partial charge in [0.25, 0.3) is 0 Å². The van der Waals surface area contributed by atoms with Crippen molar-refractivity contribution in [3.63, 3.8) is 0 Å². The molecule has 136 valence electrons. The number of aryl methyl sites for hydroxylation is 1. The van der Waals surface area contributed by atoms with Crippen LogP contribution in [0, 0.1) is 12.7 Å². The van der Waals surface area contributed by atoms with Gasteiger partial charge in [-0.1, -0.05) is 0 Å². The number of benzene rings is 1. The number of nitrogens with zero attached hydrogens (tertiary/aromatic N) is 2. The van der Waals surface area contributed by atoms with Crippen LogP contribution < -0.4 is 10.6 Å². The lowest BCUT2D eigenvalue weighted by Crippen LogP contribution is -2.42. The minimum Gasteiger partial charge on any atom is -0.349 e. The van der Waals surface area contributed by atoms with Gasteiger partial charge >= 0.3 is 0 Å². The molecule has 0 unspecified atom stereocenters. The monoisotopic (exact) mass is 369 g/mol. The Balaban J connectivity index is 1.75. The molecular weight excluding hydrogens is 345 g/mol. The summed E-state index contributed by atoms with van der Waals surface area (Å²) >= 11 is 1.72. The average molecular weight is 370 g/mol. The van der Waals surface area contributed by atoms with Gasteiger partial charge in [0.2, 0.25) is 0 Å². The van der Waals surface area contributed by atoms with Crippen LogP contribution >= 0.6 is 11.3 Å². The number of fused-ring (bicyclic) bond motifs is 1. The lowest BCUT2D eigenvalue weighted by molar-refractivity contribution is 0.370. The Kier molecular flexibility index (Phi) is 4.92. The van der Waals surface area contributed by atoms with E-state index in [1.54, 1.807) is 23.5 Å². The summed E-state index contributed by atoms with van der Waals surface area (Å²) < 4.78 is 13.6. The highest BCUT2D eigenvalue weighted by atomic mass is 32.1. The van der Waals surface area contributed by atoms with Crippen LogP contribution in [0.15, 0.2) is 41.1 Å². The molecule has 2 aromatic heterocycles. The minimum absolute atomic E-state index is 0.219. The number of aromatic nitrogens is 1. The molecule has 1 aliphatic carbocycles. The van der Waals surface area contributed by atoms with Crippen LogP contribution in [0.2, 0.25) is 0 Å². The van der Waals surface area contributed by atoms with Crippen molar-refractivity contribution in [1.29, 1.82) is 0 Å². The minimum atomic E-state index is -0.219. The largest absolute Gasteiger partial charge is 0.349 e. The first kappa shape index (κ1) is 17.4. The summed E-state index contributed by atoms with van der Waals surface area (Å²) in [4.78, 5) is 7.28. The molecule has 0 aliphatic heterocycles. The molecule has 1 fully saturated rings. The average Bonchev–Trinajstić information content (AvgIpc) is 3.13. The topological polar surface area (TPSA) is 42.1 Å². The summed E-state index contributed by atoms with van der Waals surface area (Å²) in [5, 5.41) is 5.19. The molecule has 0 spiro atoms. The molecule has 2 N–H and O–H groups in total. The molecule has 4 rings (SSSR count). The first-order valence-electron chi connectivity index (χ1n) is 9.20. The third-order valence-corrected chi connectivity index (χ3v) is 6.05. The van der Waals surface area contributed by atoms with Crippen molar-refractivity contribution in [2.24, 2.45) is 5.73 Å². The summed E-state index contributed by atoms with van der Waals surface area (Å²) in [6.45, 7) is 2.86. The van der Waals surface area contributed by atoms with E-state index in [-0.39, 0.29) is 11.9 Å². The summed E-state index contributed by atoms with van der Waals surface area (Å²) in [6, 6.07) is 9.74. The fraction of sp³-hybridized carbons (Fsp3) is 0.381. The van der Waals surface area contributed by atoms with Crippen molar-refractivity contribution < 1.29 is 4.39 Å². The maximum Gasteiger partial charge on any atom is 0.130 e. The van der Waals surface area contributed by atoms with E-state index in [1.165, 1.54) is 11.6 Å². The quantitative estimate of drug-likeness (QED) is 0.702. The van der Waals surface area contributed by atoms with Gasteiger partial charge in [0.15, 0.2) is 0 Å². The first-order chi connectivity index (χ1) is 12.6. The van der Waals surface area contributed by atoms with E-state index >= 15 is 0 Å². The molecule has 26 heavy (non-hydrogen) atoms. The third-order valence-electron chi connectivity index (χ3n) is 5.32.